The van der Waals surface area contributed by atoms with Gasteiger partial charge in [-0.05, 0) is 48.1 Å². The Morgan fingerprint density at radius 1 is 1.00 bits per heavy atom. The molecular formula is C20H19F2NO2. The summed E-state index contributed by atoms with van der Waals surface area (Å²) in [6.07, 6.45) is 4.85. The number of carbonyl (C=O) groups excluding carboxylic acids is 1. The predicted molar refractivity (Wildman–Crippen MR) is 90.4 cm³/mol. The highest BCUT2D eigenvalue weighted by atomic mass is 19.2. The standard InChI is InChI=1S/C20H19F2NO2/c21-16-11-10-15-18(17(16)22)23-19(25)20(15,12-4-2-1-3-5-12)13-6-8-14(24)9-7-13/h6-12,24H,1-5H2,(H,23,25). The second kappa shape index (κ2) is 5.83. The summed E-state index contributed by atoms with van der Waals surface area (Å²) in [5, 5.41) is 12.2. The van der Waals surface area contributed by atoms with Gasteiger partial charge in [0, 0.05) is 0 Å². The molecular weight excluding hydrogens is 324 g/mol. The van der Waals surface area contributed by atoms with Crippen LogP contribution in [-0.4, -0.2) is 11.0 Å². The van der Waals surface area contributed by atoms with Gasteiger partial charge in [-0.2, -0.15) is 0 Å². The highest BCUT2D eigenvalue weighted by Gasteiger charge is 2.54. The SMILES string of the molecule is O=C1Nc2c(ccc(F)c2F)C1(c1ccc(O)cc1)C1CCCCC1. The van der Waals surface area contributed by atoms with Crippen LogP contribution in [0.15, 0.2) is 36.4 Å². The van der Waals surface area contributed by atoms with E-state index in [1.165, 1.54) is 18.2 Å². The van der Waals surface area contributed by atoms with E-state index in [0.717, 1.165) is 38.2 Å². The van der Waals surface area contributed by atoms with E-state index in [4.69, 9.17) is 0 Å². The van der Waals surface area contributed by atoms with Gasteiger partial charge < -0.3 is 10.4 Å². The zero-order valence-corrected chi connectivity index (χ0v) is 13.7. The van der Waals surface area contributed by atoms with Crippen LogP contribution in [0.25, 0.3) is 0 Å². The Kier molecular flexibility index (Phi) is 3.74. The Labute approximate surface area is 144 Å². The molecule has 0 bridgehead atoms. The number of phenolic OH excluding ortho intramolecular Hbond substituents is 1. The van der Waals surface area contributed by atoms with E-state index in [9.17, 15) is 18.7 Å². The lowest BCUT2D eigenvalue weighted by atomic mass is 9.62. The first-order valence-electron chi connectivity index (χ1n) is 8.64. The quantitative estimate of drug-likeness (QED) is 0.844. The lowest BCUT2D eigenvalue weighted by molar-refractivity contribution is -0.121. The lowest BCUT2D eigenvalue weighted by Crippen LogP contribution is -2.43. The molecule has 5 heteroatoms. The average molecular weight is 343 g/mol. The molecule has 1 heterocycles. The molecule has 2 N–H and O–H groups in total. The zero-order valence-electron chi connectivity index (χ0n) is 13.7. The number of amides is 1. The van der Waals surface area contributed by atoms with Gasteiger partial charge in [-0.3, -0.25) is 4.79 Å². The van der Waals surface area contributed by atoms with E-state index in [1.54, 1.807) is 12.1 Å². The van der Waals surface area contributed by atoms with Gasteiger partial charge in [-0.15, -0.1) is 0 Å². The number of hydrogen-bond acceptors (Lipinski definition) is 2. The second-order valence-electron chi connectivity index (χ2n) is 6.93. The summed E-state index contributed by atoms with van der Waals surface area (Å²) in [5.74, 6) is -2.18. The third-order valence-corrected chi connectivity index (χ3v) is 5.66. The predicted octanol–water partition coefficient (Wildman–Crippen LogP) is 4.49. The topological polar surface area (TPSA) is 49.3 Å². The molecule has 1 unspecified atom stereocenters. The van der Waals surface area contributed by atoms with Crippen molar-refractivity contribution in [1.29, 1.82) is 0 Å². The number of fused-ring (bicyclic) bond motifs is 1. The summed E-state index contributed by atoms with van der Waals surface area (Å²) in [7, 11) is 0. The smallest absolute Gasteiger partial charge is 0.239 e. The van der Waals surface area contributed by atoms with Crippen LogP contribution in [-0.2, 0) is 10.2 Å². The molecule has 25 heavy (non-hydrogen) atoms. The van der Waals surface area contributed by atoms with Gasteiger partial charge in [0.05, 0.1) is 5.69 Å². The Morgan fingerprint density at radius 3 is 2.36 bits per heavy atom. The van der Waals surface area contributed by atoms with Gasteiger partial charge in [0.15, 0.2) is 11.6 Å². The summed E-state index contributed by atoms with van der Waals surface area (Å²) >= 11 is 0. The highest BCUT2D eigenvalue weighted by molar-refractivity contribution is 6.09. The number of phenols is 1. The van der Waals surface area contributed by atoms with Crippen LogP contribution in [0.2, 0.25) is 0 Å². The molecule has 0 radical (unpaired) electrons. The number of anilines is 1. The Morgan fingerprint density at radius 2 is 1.68 bits per heavy atom. The summed E-state index contributed by atoms with van der Waals surface area (Å²) in [4.78, 5) is 13.1. The van der Waals surface area contributed by atoms with Gasteiger partial charge in [0.25, 0.3) is 0 Å². The molecule has 1 aliphatic heterocycles. The molecule has 130 valence electrons. The molecule has 1 saturated carbocycles. The molecule has 2 aromatic rings. The number of nitrogens with one attached hydrogen (secondary N) is 1. The van der Waals surface area contributed by atoms with E-state index in [1.807, 2.05) is 0 Å². The van der Waals surface area contributed by atoms with Gasteiger partial charge in [-0.25, -0.2) is 8.78 Å². The molecule has 1 amide bonds. The third kappa shape index (κ3) is 2.25. The van der Waals surface area contributed by atoms with Crippen molar-refractivity contribution in [3.05, 3.63) is 59.2 Å². The molecule has 3 nitrogen and oxygen atoms in total. The van der Waals surface area contributed by atoms with Gasteiger partial charge in [-0.1, -0.05) is 37.5 Å². The summed E-state index contributed by atoms with van der Waals surface area (Å²) in [6, 6.07) is 9.09. The molecule has 2 aromatic carbocycles. The first kappa shape index (κ1) is 16.1. The van der Waals surface area contributed by atoms with Crippen LogP contribution in [0.1, 0.15) is 43.2 Å². The molecule has 1 aliphatic carbocycles. The van der Waals surface area contributed by atoms with Crippen LogP contribution in [0, 0.1) is 17.6 Å². The van der Waals surface area contributed by atoms with Crippen molar-refractivity contribution >= 4 is 11.6 Å². The van der Waals surface area contributed by atoms with Gasteiger partial charge in [0.2, 0.25) is 5.91 Å². The van der Waals surface area contributed by atoms with E-state index in [2.05, 4.69) is 5.32 Å². The van der Waals surface area contributed by atoms with E-state index >= 15 is 0 Å². The summed E-state index contributed by atoms with van der Waals surface area (Å²) < 4.78 is 28.0. The number of hydrogen-bond donors (Lipinski definition) is 2. The van der Waals surface area contributed by atoms with Crippen LogP contribution < -0.4 is 5.32 Å². The Bertz CT molecular complexity index is 828. The minimum Gasteiger partial charge on any atom is -0.508 e. The monoisotopic (exact) mass is 343 g/mol. The van der Waals surface area contributed by atoms with Crippen molar-refractivity contribution in [3.8, 4) is 5.75 Å². The molecule has 0 spiro atoms. The van der Waals surface area contributed by atoms with Crippen molar-refractivity contribution in [2.45, 2.75) is 37.5 Å². The number of benzene rings is 2. The molecule has 0 saturated heterocycles. The van der Waals surface area contributed by atoms with Crippen molar-refractivity contribution in [2.24, 2.45) is 5.92 Å². The first-order chi connectivity index (χ1) is 12.0. The van der Waals surface area contributed by atoms with Crippen molar-refractivity contribution in [1.82, 2.24) is 0 Å². The fraction of sp³-hybridized carbons (Fsp3) is 0.350. The maximum absolute atomic E-state index is 14.3. The average Bonchev–Trinajstić information content (AvgIpc) is 2.93. The fourth-order valence-electron chi connectivity index (χ4n) is 4.52. The van der Waals surface area contributed by atoms with E-state index in [-0.39, 0.29) is 23.3 Å². The van der Waals surface area contributed by atoms with E-state index < -0.39 is 17.0 Å². The molecule has 0 aromatic heterocycles. The van der Waals surface area contributed by atoms with Crippen molar-refractivity contribution in [3.63, 3.8) is 0 Å². The minimum atomic E-state index is -1.04. The summed E-state index contributed by atoms with van der Waals surface area (Å²) in [5.41, 5.74) is 0.106. The van der Waals surface area contributed by atoms with Gasteiger partial charge in [0.1, 0.15) is 11.2 Å². The van der Waals surface area contributed by atoms with Crippen molar-refractivity contribution < 1.29 is 18.7 Å². The first-order valence-corrected chi connectivity index (χ1v) is 8.64. The van der Waals surface area contributed by atoms with Crippen LogP contribution >= 0.6 is 0 Å². The normalized spacial score (nSPS) is 23.4. The molecule has 1 fully saturated rings. The minimum absolute atomic E-state index is 0.0110. The maximum Gasteiger partial charge on any atom is 0.239 e. The van der Waals surface area contributed by atoms with Gasteiger partial charge >= 0.3 is 0 Å². The molecule has 2 aliphatic rings. The third-order valence-electron chi connectivity index (χ3n) is 5.66. The van der Waals surface area contributed by atoms with Crippen molar-refractivity contribution in [2.75, 3.05) is 5.32 Å². The number of rotatable bonds is 2. The number of aromatic hydroxyl groups is 1. The molecule has 4 rings (SSSR count). The van der Waals surface area contributed by atoms with Crippen LogP contribution in [0.3, 0.4) is 0 Å². The van der Waals surface area contributed by atoms with Crippen LogP contribution in [0.5, 0.6) is 5.75 Å². The highest BCUT2D eigenvalue weighted by Crippen LogP contribution is 2.53. The fourth-order valence-corrected chi connectivity index (χ4v) is 4.52. The maximum atomic E-state index is 14.3. The summed E-state index contributed by atoms with van der Waals surface area (Å²) in [6.45, 7) is 0. The largest absolute Gasteiger partial charge is 0.508 e. The zero-order chi connectivity index (χ0) is 17.6. The van der Waals surface area contributed by atoms with E-state index in [0.29, 0.717) is 11.1 Å². The Hall–Kier alpha value is -2.43. The number of halogens is 2. The Balaban J connectivity index is 1.98. The number of carbonyl (C=O) groups is 1. The second-order valence-corrected chi connectivity index (χ2v) is 6.93. The van der Waals surface area contributed by atoms with Crippen LogP contribution in [0.4, 0.5) is 14.5 Å². The molecule has 1 atom stereocenters. The lowest BCUT2D eigenvalue weighted by Gasteiger charge is -2.39.